The van der Waals surface area contributed by atoms with Crippen LogP contribution in [-0.4, -0.2) is 59.3 Å². The second kappa shape index (κ2) is 9.88. The number of carbonyl (C=O) groups is 2. The van der Waals surface area contributed by atoms with Crippen LogP contribution in [0.4, 0.5) is 0 Å². The number of nitrogens with zero attached hydrogens (tertiary/aromatic N) is 1. The van der Waals surface area contributed by atoms with Crippen LogP contribution in [0.3, 0.4) is 0 Å². The molecule has 0 aromatic heterocycles. The molecular formula is C17H32N2O4. The van der Waals surface area contributed by atoms with Crippen molar-refractivity contribution in [3.8, 4) is 0 Å². The highest BCUT2D eigenvalue weighted by molar-refractivity contribution is 5.79. The summed E-state index contributed by atoms with van der Waals surface area (Å²) in [7, 11) is 2.17. The van der Waals surface area contributed by atoms with Gasteiger partial charge in [-0.15, -0.1) is 0 Å². The number of unbranched alkanes of at least 4 members (excludes halogenated alkanes) is 2. The average Bonchev–Trinajstić information content (AvgIpc) is 3.07. The van der Waals surface area contributed by atoms with Crippen LogP contribution in [0.15, 0.2) is 0 Å². The topological polar surface area (TPSA) is 89.9 Å². The number of rotatable bonds is 6. The Hall–Kier alpha value is -1.14. The second-order valence-corrected chi connectivity index (χ2v) is 6.82. The molecule has 134 valence electrons. The zero-order valence-corrected chi connectivity index (χ0v) is 14.6. The highest BCUT2D eigenvalue weighted by atomic mass is 16.4. The number of aliphatic carboxylic acids is 2. The van der Waals surface area contributed by atoms with Crippen molar-refractivity contribution in [2.75, 3.05) is 20.1 Å². The summed E-state index contributed by atoms with van der Waals surface area (Å²) in [6.07, 6.45) is 6.63. The second-order valence-electron chi connectivity index (χ2n) is 6.82. The van der Waals surface area contributed by atoms with E-state index in [-0.39, 0.29) is 12.0 Å². The Bertz CT molecular complexity index is 383. The lowest BCUT2D eigenvalue weighted by molar-refractivity contribution is -0.144. The highest BCUT2D eigenvalue weighted by Gasteiger charge is 2.46. The molecule has 2 saturated heterocycles. The number of hydrogen-bond acceptors (Lipinski definition) is 4. The van der Waals surface area contributed by atoms with Crippen LogP contribution >= 0.6 is 0 Å². The minimum atomic E-state index is -0.957. The van der Waals surface area contributed by atoms with E-state index in [1.54, 1.807) is 6.92 Å². The Labute approximate surface area is 139 Å². The quantitative estimate of drug-likeness (QED) is 0.647. The molecule has 0 amide bonds. The number of carboxylic acids is 2. The largest absolute Gasteiger partial charge is 0.481 e. The van der Waals surface area contributed by atoms with Gasteiger partial charge in [0.1, 0.15) is 6.04 Å². The molecular weight excluding hydrogens is 296 g/mol. The Morgan fingerprint density at radius 3 is 2.13 bits per heavy atom. The van der Waals surface area contributed by atoms with E-state index in [4.69, 9.17) is 5.11 Å². The van der Waals surface area contributed by atoms with E-state index < -0.39 is 23.9 Å². The van der Waals surface area contributed by atoms with Crippen molar-refractivity contribution < 1.29 is 19.8 Å². The van der Waals surface area contributed by atoms with E-state index in [0.29, 0.717) is 0 Å². The van der Waals surface area contributed by atoms with Crippen molar-refractivity contribution in [2.45, 2.75) is 64.5 Å². The third kappa shape index (κ3) is 6.11. The Morgan fingerprint density at radius 2 is 1.74 bits per heavy atom. The summed E-state index contributed by atoms with van der Waals surface area (Å²) < 4.78 is 0. The van der Waals surface area contributed by atoms with Crippen LogP contribution in [0, 0.1) is 11.8 Å². The van der Waals surface area contributed by atoms with Gasteiger partial charge in [-0.3, -0.25) is 9.59 Å². The van der Waals surface area contributed by atoms with Gasteiger partial charge >= 0.3 is 11.9 Å². The van der Waals surface area contributed by atoms with E-state index in [9.17, 15) is 14.7 Å². The van der Waals surface area contributed by atoms with Gasteiger partial charge in [0.25, 0.3) is 0 Å². The van der Waals surface area contributed by atoms with Crippen LogP contribution in [0.5, 0.6) is 0 Å². The minimum absolute atomic E-state index is 0.213. The van der Waals surface area contributed by atoms with Gasteiger partial charge in [-0.25, -0.2) is 0 Å². The first-order chi connectivity index (χ1) is 10.9. The van der Waals surface area contributed by atoms with E-state index in [1.165, 1.54) is 25.9 Å². The van der Waals surface area contributed by atoms with Gasteiger partial charge in [-0.05, 0) is 45.3 Å². The fourth-order valence-electron chi connectivity index (χ4n) is 3.51. The Morgan fingerprint density at radius 1 is 1.13 bits per heavy atom. The summed E-state index contributed by atoms with van der Waals surface area (Å²) in [5.41, 5.74) is 0. The Kier molecular flexibility index (Phi) is 8.55. The smallest absolute Gasteiger partial charge is 0.321 e. The molecule has 2 rings (SSSR count). The molecule has 2 fully saturated rings. The van der Waals surface area contributed by atoms with Crippen LogP contribution in [0.25, 0.3) is 0 Å². The lowest BCUT2D eigenvalue weighted by Gasteiger charge is -2.17. The summed E-state index contributed by atoms with van der Waals surface area (Å²) in [4.78, 5) is 24.6. The van der Waals surface area contributed by atoms with Crippen molar-refractivity contribution in [1.29, 1.82) is 0 Å². The molecule has 0 radical (unpaired) electrons. The van der Waals surface area contributed by atoms with Gasteiger partial charge < -0.3 is 20.4 Å². The SMILES string of the molecule is CCCCCC1NC(C(=O)O)C(C)C1C(=O)O.CN1CCCC1. The summed E-state index contributed by atoms with van der Waals surface area (Å²) in [6.45, 7) is 6.42. The first kappa shape index (κ1) is 19.9. The van der Waals surface area contributed by atoms with Gasteiger partial charge in [0.15, 0.2) is 0 Å². The van der Waals surface area contributed by atoms with Crippen LogP contribution in [-0.2, 0) is 9.59 Å². The fraction of sp³-hybridized carbons (Fsp3) is 0.882. The molecule has 4 atom stereocenters. The summed E-state index contributed by atoms with van der Waals surface area (Å²) in [6, 6.07) is -0.946. The van der Waals surface area contributed by atoms with Crippen molar-refractivity contribution in [3.05, 3.63) is 0 Å². The minimum Gasteiger partial charge on any atom is -0.481 e. The molecule has 23 heavy (non-hydrogen) atoms. The lowest BCUT2D eigenvalue weighted by atomic mass is 9.86. The summed E-state index contributed by atoms with van der Waals surface area (Å²) >= 11 is 0. The molecule has 2 heterocycles. The summed E-state index contributed by atoms with van der Waals surface area (Å²) in [5.74, 6) is -2.80. The maximum absolute atomic E-state index is 11.2. The van der Waals surface area contributed by atoms with Gasteiger partial charge in [0.05, 0.1) is 5.92 Å². The number of carboxylic acid groups (broad SMARTS) is 2. The third-order valence-corrected chi connectivity index (χ3v) is 4.92. The molecule has 0 aromatic carbocycles. The molecule has 6 heteroatoms. The van der Waals surface area contributed by atoms with E-state index in [1.807, 2.05) is 0 Å². The van der Waals surface area contributed by atoms with Gasteiger partial charge in [-0.1, -0.05) is 33.1 Å². The number of likely N-dealkylation sites (tertiary alicyclic amines) is 1. The number of hydrogen-bond donors (Lipinski definition) is 3. The van der Waals surface area contributed by atoms with E-state index in [0.717, 1.165) is 25.7 Å². The Balaban J connectivity index is 0.000000366. The molecule has 2 aliphatic heterocycles. The molecule has 0 spiro atoms. The van der Waals surface area contributed by atoms with Crippen molar-refractivity contribution in [2.24, 2.45) is 11.8 Å². The first-order valence-electron chi connectivity index (χ1n) is 8.78. The van der Waals surface area contributed by atoms with Crippen molar-refractivity contribution in [3.63, 3.8) is 0 Å². The third-order valence-electron chi connectivity index (χ3n) is 4.92. The molecule has 0 aliphatic carbocycles. The average molecular weight is 328 g/mol. The predicted octanol–water partition coefficient (Wildman–Crippen LogP) is 2.04. The highest BCUT2D eigenvalue weighted by Crippen LogP contribution is 2.30. The molecule has 0 saturated carbocycles. The van der Waals surface area contributed by atoms with Gasteiger partial charge in [-0.2, -0.15) is 0 Å². The summed E-state index contributed by atoms with van der Waals surface area (Å²) in [5, 5.41) is 21.1. The predicted molar refractivity (Wildman–Crippen MR) is 89.5 cm³/mol. The van der Waals surface area contributed by atoms with E-state index in [2.05, 4.69) is 24.2 Å². The molecule has 0 aromatic rings. The van der Waals surface area contributed by atoms with Crippen LogP contribution in [0.2, 0.25) is 0 Å². The van der Waals surface area contributed by atoms with Crippen molar-refractivity contribution >= 4 is 11.9 Å². The zero-order chi connectivity index (χ0) is 17.4. The molecule has 3 N–H and O–H groups in total. The first-order valence-corrected chi connectivity index (χ1v) is 8.78. The maximum Gasteiger partial charge on any atom is 0.321 e. The number of nitrogens with one attached hydrogen (secondary N) is 1. The zero-order valence-electron chi connectivity index (χ0n) is 14.6. The fourth-order valence-corrected chi connectivity index (χ4v) is 3.51. The van der Waals surface area contributed by atoms with Gasteiger partial charge in [0, 0.05) is 6.04 Å². The molecule has 4 unspecified atom stereocenters. The standard InChI is InChI=1S/C12H21NO4.C5H11N/c1-3-4-5-6-8-9(11(14)15)7(2)10(13-8)12(16)17;1-6-4-2-3-5-6/h7-10,13H,3-6H2,1-2H3,(H,14,15)(H,16,17);2-5H2,1H3. The lowest BCUT2D eigenvalue weighted by Crippen LogP contribution is -2.37. The molecule has 0 bridgehead atoms. The van der Waals surface area contributed by atoms with Crippen LogP contribution < -0.4 is 5.32 Å². The van der Waals surface area contributed by atoms with Crippen LogP contribution in [0.1, 0.15) is 52.4 Å². The van der Waals surface area contributed by atoms with Gasteiger partial charge in [0.2, 0.25) is 0 Å². The maximum atomic E-state index is 11.2. The van der Waals surface area contributed by atoms with E-state index >= 15 is 0 Å². The molecule has 6 nitrogen and oxygen atoms in total. The monoisotopic (exact) mass is 328 g/mol. The normalized spacial score (nSPS) is 30.7. The molecule has 2 aliphatic rings. The van der Waals surface area contributed by atoms with Crippen molar-refractivity contribution in [1.82, 2.24) is 10.2 Å².